The highest BCUT2D eigenvalue weighted by atomic mass is 32.2. The molecule has 0 aliphatic rings. The highest BCUT2D eigenvalue weighted by Crippen LogP contribution is 2.11. The quantitative estimate of drug-likeness (QED) is 0.801. The Bertz CT molecular complexity index is 460. The van der Waals surface area contributed by atoms with E-state index in [1.165, 1.54) is 12.1 Å². The smallest absolute Gasteiger partial charge is 0.228 e. The standard InChI is InChI=1S/C11H18N2O3S/c1-9-5-7-10(8-6-9)17(14,15)16-13-12-11(2,3)4/h5-8,12-13H,1-4H3. The molecule has 0 radical (unpaired) electrons. The van der Waals surface area contributed by atoms with Crippen molar-refractivity contribution >= 4 is 10.1 Å². The fourth-order valence-electron chi connectivity index (χ4n) is 0.982. The molecule has 2 N–H and O–H groups in total. The fourth-order valence-corrected chi connectivity index (χ4v) is 1.70. The summed E-state index contributed by atoms with van der Waals surface area (Å²) >= 11 is 0. The van der Waals surface area contributed by atoms with E-state index in [-0.39, 0.29) is 10.4 Å². The minimum atomic E-state index is -3.77. The number of hydrazine groups is 1. The van der Waals surface area contributed by atoms with Gasteiger partial charge in [-0.15, -0.1) is 5.59 Å². The van der Waals surface area contributed by atoms with Crippen molar-refractivity contribution < 1.29 is 12.7 Å². The SMILES string of the molecule is Cc1ccc(S(=O)(=O)ONNC(C)(C)C)cc1. The largest absolute Gasteiger partial charge is 0.314 e. The first-order valence-corrected chi connectivity index (χ1v) is 6.64. The number of rotatable bonds is 4. The summed E-state index contributed by atoms with van der Waals surface area (Å²) in [5.41, 5.74) is 5.65. The summed E-state index contributed by atoms with van der Waals surface area (Å²) in [5, 5.41) is 0. The zero-order valence-corrected chi connectivity index (χ0v) is 11.3. The Balaban J connectivity index is 2.66. The Hall–Kier alpha value is -0.950. The van der Waals surface area contributed by atoms with Gasteiger partial charge in [-0.25, -0.2) is 5.43 Å². The molecule has 1 rings (SSSR count). The van der Waals surface area contributed by atoms with E-state index in [4.69, 9.17) is 0 Å². The van der Waals surface area contributed by atoms with Crippen LogP contribution in [0.2, 0.25) is 0 Å². The Kier molecular flexibility index (Phi) is 4.26. The second kappa shape index (κ2) is 5.14. The van der Waals surface area contributed by atoms with Gasteiger partial charge in [-0.3, -0.25) is 0 Å². The van der Waals surface area contributed by atoms with Gasteiger partial charge in [0.05, 0.1) is 4.90 Å². The molecule has 0 fully saturated rings. The second-order valence-corrected chi connectivity index (χ2v) is 6.37. The first kappa shape index (κ1) is 14.1. The fraction of sp³-hybridized carbons (Fsp3) is 0.455. The average Bonchev–Trinajstić information content (AvgIpc) is 2.15. The first-order chi connectivity index (χ1) is 7.71. The molecular weight excluding hydrogens is 240 g/mol. The zero-order chi connectivity index (χ0) is 13.1. The number of benzene rings is 1. The van der Waals surface area contributed by atoms with Gasteiger partial charge >= 0.3 is 10.1 Å². The third-order valence-corrected chi connectivity index (χ3v) is 3.04. The van der Waals surface area contributed by atoms with Gasteiger partial charge in [-0.05, 0) is 39.8 Å². The summed E-state index contributed by atoms with van der Waals surface area (Å²) < 4.78 is 28.1. The molecule has 0 aliphatic carbocycles. The molecule has 6 heteroatoms. The first-order valence-electron chi connectivity index (χ1n) is 5.23. The van der Waals surface area contributed by atoms with Crippen LogP contribution in [0.4, 0.5) is 0 Å². The van der Waals surface area contributed by atoms with Crippen LogP contribution in [0.15, 0.2) is 29.2 Å². The third kappa shape index (κ3) is 4.82. The molecule has 0 aliphatic heterocycles. The molecule has 1 aromatic rings. The van der Waals surface area contributed by atoms with Crippen molar-refractivity contribution in [2.24, 2.45) is 0 Å². The van der Waals surface area contributed by atoms with Crippen LogP contribution in [-0.2, 0) is 14.4 Å². The lowest BCUT2D eigenvalue weighted by Crippen LogP contribution is -2.46. The van der Waals surface area contributed by atoms with Gasteiger partial charge in [0.25, 0.3) is 0 Å². The van der Waals surface area contributed by atoms with Crippen molar-refractivity contribution in [2.45, 2.75) is 38.1 Å². The molecule has 0 bridgehead atoms. The monoisotopic (exact) mass is 258 g/mol. The minimum Gasteiger partial charge on any atom is -0.228 e. The molecule has 0 amide bonds. The number of aryl methyl sites for hydroxylation is 1. The minimum absolute atomic E-state index is 0.117. The van der Waals surface area contributed by atoms with Gasteiger partial charge in [-0.2, -0.15) is 12.7 Å². The molecule has 0 saturated carbocycles. The maximum absolute atomic E-state index is 11.7. The maximum Gasteiger partial charge on any atom is 0.314 e. The highest BCUT2D eigenvalue weighted by molar-refractivity contribution is 7.86. The van der Waals surface area contributed by atoms with Crippen molar-refractivity contribution in [3.63, 3.8) is 0 Å². The predicted molar refractivity (Wildman–Crippen MR) is 65.5 cm³/mol. The van der Waals surface area contributed by atoms with Crippen LogP contribution in [0.5, 0.6) is 0 Å². The van der Waals surface area contributed by atoms with Gasteiger partial charge in [0.1, 0.15) is 0 Å². The molecule has 0 aromatic heterocycles. The topological polar surface area (TPSA) is 67.4 Å². The lowest BCUT2D eigenvalue weighted by Gasteiger charge is -2.20. The van der Waals surface area contributed by atoms with Crippen LogP contribution < -0.4 is 11.0 Å². The predicted octanol–water partition coefficient (Wildman–Crippen LogP) is 1.51. The van der Waals surface area contributed by atoms with E-state index in [0.717, 1.165) is 5.56 Å². The average molecular weight is 258 g/mol. The van der Waals surface area contributed by atoms with Gasteiger partial charge in [0.2, 0.25) is 0 Å². The van der Waals surface area contributed by atoms with Gasteiger partial charge < -0.3 is 0 Å². The van der Waals surface area contributed by atoms with E-state index in [0.29, 0.717) is 0 Å². The highest BCUT2D eigenvalue weighted by Gasteiger charge is 2.16. The van der Waals surface area contributed by atoms with E-state index in [1.54, 1.807) is 12.1 Å². The summed E-state index contributed by atoms with van der Waals surface area (Å²) in [7, 11) is -3.77. The summed E-state index contributed by atoms with van der Waals surface area (Å²) in [6.07, 6.45) is 0. The maximum atomic E-state index is 11.7. The van der Waals surface area contributed by atoms with Gasteiger partial charge in [0, 0.05) is 5.54 Å². The molecule has 5 nitrogen and oxygen atoms in total. The second-order valence-electron chi connectivity index (χ2n) is 4.83. The van der Waals surface area contributed by atoms with Gasteiger partial charge in [-0.1, -0.05) is 17.7 Å². The van der Waals surface area contributed by atoms with E-state index in [2.05, 4.69) is 15.3 Å². The van der Waals surface area contributed by atoms with Crippen LogP contribution in [0.3, 0.4) is 0 Å². The molecule has 17 heavy (non-hydrogen) atoms. The number of hydrogen-bond donors (Lipinski definition) is 2. The van der Waals surface area contributed by atoms with E-state index in [1.807, 2.05) is 27.7 Å². The lowest BCUT2D eigenvalue weighted by atomic mass is 10.1. The van der Waals surface area contributed by atoms with Crippen LogP contribution in [-0.4, -0.2) is 14.0 Å². The lowest BCUT2D eigenvalue weighted by molar-refractivity contribution is 0.121. The molecule has 96 valence electrons. The van der Waals surface area contributed by atoms with Crippen LogP contribution >= 0.6 is 0 Å². The molecule has 0 spiro atoms. The van der Waals surface area contributed by atoms with Crippen molar-refractivity contribution in [2.75, 3.05) is 0 Å². The van der Waals surface area contributed by atoms with Crippen molar-refractivity contribution in [3.8, 4) is 0 Å². The molecule has 0 atom stereocenters. The number of nitrogens with one attached hydrogen (secondary N) is 2. The molecular formula is C11H18N2O3S. The van der Waals surface area contributed by atoms with E-state index >= 15 is 0 Å². The van der Waals surface area contributed by atoms with Crippen LogP contribution in [0.1, 0.15) is 26.3 Å². The van der Waals surface area contributed by atoms with Crippen LogP contribution in [0.25, 0.3) is 0 Å². The molecule has 0 heterocycles. The normalized spacial score (nSPS) is 12.7. The molecule has 1 aromatic carbocycles. The van der Waals surface area contributed by atoms with Crippen LogP contribution in [0, 0.1) is 6.92 Å². The van der Waals surface area contributed by atoms with E-state index < -0.39 is 10.1 Å². The summed E-state index contributed by atoms with van der Waals surface area (Å²) in [6.45, 7) is 7.52. The van der Waals surface area contributed by atoms with Crippen molar-refractivity contribution in [3.05, 3.63) is 29.8 Å². The summed E-state index contributed by atoms with van der Waals surface area (Å²) in [5.74, 6) is 0. The Labute approximate surface area is 102 Å². The Morgan fingerprint density at radius 3 is 2.12 bits per heavy atom. The summed E-state index contributed by atoms with van der Waals surface area (Å²) in [6, 6.07) is 6.44. The van der Waals surface area contributed by atoms with Crippen molar-refractivity contribution in [1.29, 1.82) is 0 Å². The van der Waals surface area contributed by atoms with Gasteiger partial charge in [0.15, 0.2) is 0 Å². The molecule has 0 unspecified atom stereocenters. The number of hydrogen-bond acceptors (Lipinski definition) is 5. The summed E-state index contributed by atoms with van der Waals surface area (Å²) in [4.78, 5) is 0.117. The van der Waals surface area contributed by atoms with E-state index in [9.17, 15) is 8.42 Å². The zero-order valence-electron chi connectivity index (χ0n) is 10.4. The Morgan fingerprint density at radius 2 is 1.65 bits per heavy atom. The Morgan fingerprint density at radius 1 is 1.12 bits per heavy atom. The molecule has 0 saturated heterocycles. The third-order valence-electron chi connectivity index (χ3n) is 1.89. The van der Waals surface area contributed by atoms with Crippen molar-refractivity contribution in [1.82, 2.24) is 11.0 Å².